The highest BCUT2D eigenvalue weighted by molar-refractivity contribution is 5.37. The quantitative estimate of drug-likeness (QED) is 0.880. The van der Waals surface area contributed by atoms with Crippen molar-refractivity contribution in [1.82, 2.24) is 5.32 Å². The molecule has 2 heteroatoms. The Kier molecular flexibility index (Phi) is 3.73. The average Bonchev–Trinajstić information content (AvgIpc) is 2.67. The van der Waals surface area contributed by atoms with E-state index < -0.39 is 0 Å². The van der Waals surface area contributed by atoms with E-state index in [9.17, 15) is 0 Å². The van der Waals surface area contributed by atoms with Crippen molar-refractivity contribution in [2.45, 2.75) is 52.6 Å². The van der Waals surface area contributed by atoms with Crippen LogP contribution >= 0.6 is 0 Å². The first kappa shape index (κ1) is 13.1. The Balaban J connectivity index is 1.93. The smallest absolute Gasteiger partial charge is 0.0991 e. The molecule has 1 aliphatic rings. The third kappa shape index (κ3) is 3.11. The molecule has 0 heterocycles. The highest BCUT2D eigenvalue weighted by Crippen LogP contribution is 2.37. The van der Waals surface area contributed by atoms with Crippen LogP contribution in [0.15, 0.2) is 18.2 Å². The van der Waals surface area contributed by atoms with Crippen molar-refractivity contribution in [3.63, 3.8) is 0 Å². The van der Waals surface area contributed by atoms with Crippen LogP contribution in [-0.4, -0.2) is 6.04 Å². The van der Waals surface area contributed by atoms with Gasteiger partial charge in [0.2, 0.25) is 0 Å². The summed E-state index contributed by atoms with van der Waals surface area (Å²) in [4.78, 5) is 0. The summed E-state index contributed by atoms with van der Waals surface area (Å²) < 4.78 is 0. The van der Waals surface area contributed by atoms with Gasteiger partial charge in [-0.15, -0.1) is 0 Å². The zero-order valence-corrected chi connectivity index (χ0v) is 11.6. The second-order valence-corrected chi connectivity index (χ2v) is 6.24. The molecule has 0 aliphatic heterocycles. The van der Waals surface area contributed by atoms with Crippen LogP contribution in [0.3, 0.4) is 0 Å². The predicted molar refractivity (Wildman–Crippen MR) is 74.2 cm³/mol. The number of hydrogen-bond acceptors (Lipinski definition) is 2. The third-order valence-corrected chi connectivity index (χ3v) is 4.02. The molecule has 0 bridgehead atoms. The van der Waals surface area contributed by atoms with E-state index in [1.54, 1.807) is 0 Å². The van der Waals surface area contributed by atoms with E-state index in [1.165, 1.54) is 30.4 Å². The molecule has 0 aromatic heterocycles. The van der Waals surface area contributed by atoms with Gasteiger partial charge in [0.15, 0.2) is 0 Å². The van der Waals surface area contributed by atoms with Crippen molar-refractivity contribution in [2.24, 2.45) is 5.41 Å². The fourth-order valence-corrected chi connectivity index (χ4v) is 2.83. The maximum atomic E-state index is 8.85. The van der Waals surface area contributed by atoms with Crippen LogP contribution in [0, 0.1) is 23.7 Å². The molecule has 2 nitrogen and oxygen atoms in total. The number of nitriles is 1. The standard InChI is InChI=1S/C16H22N2/c1-12-8-13(10-17)4-5-14(12)11-18-15-6-7-16(2,3)9-15/h4-5,8,15,18H,6-7,9,11H2,1-3H3. The molecular weight excluding hydrogens is 220 g/mol. The van der Waals surface area contributed by atoms with E-state index in [0.29, 0.717) is 11.5 Å². The van der Waals surface area contributed by atoms with Gasteiger partial charge in [-0.3, -0.25) is 0 Å². The largest absolute Gasteiger partial charge is 0.310 e. The number of aryl methyl sites for hydroxylation is 1. The topological polar surface area (TPSA) is 35.8 Å². The molecule has 96 valence electrons. The van der Waals surface area contributed by atoms with Gasteiger partial charge in [0.25, 0.3) is 0 Å². The van der Waals surface area contributed by atoms with Gasteiger partial charge in [-0.25, -0.2) is 0 Å². The predicted octanol–water partition coefficient (Wildman–Crippen LogP) is 3.54. The molecule has 1 aromatic rings. The lowest BCUT2D eigenvalue weighted by atomic mass is 9.92. The van der Waals surface area contributed by atoms with Crippen LogP contribution in [0.5, 0.6) is 0 Å². The van der Waals surface area contributed by atoms with Crippen molar-refractivity contribution in [2.75, 3.05) is 0 Å². The molecule has 1 aliphatic carbocycles. The van der Waals surface area contributed by atoms with Gasteiger partial charge in [0.05, 0.1) is 11.6 Å². The van der Waals surface area contributed by atoms with Crippen molar-refractivity contribution in [3.8, 4) is 6.07 Å². The fraction of sp³-hybridized carbons (Fsp3) is 0.562. The summed E-state index contributed by atoms with van der Waals surface area (Å²) >= 11 is 0. The minimum Gasteiger partial charge on any atom is -0.310 e. The van der Waals surface area contributed by atoms with Crippen LogP contribution in [0.1, 0.15) is 49.8 Å². The van der Waals surface area contributed by atoms with Crippen LogP contribution < -0.4 is 5.32 Å². The van der Waals surface area contributed by atoms with Crippen LogP contribution in [0.2, 0.25) is 0 Å². The lowest BCUT2D eigenvalue weighted by Crippen LogP contribution is -2.27. The summed E-state index contributed by atoms with van der Waals surface area (Å²) in [7, 11) is 0. The lowest BCUT2D eigenvalue weighted by molar-refractivity contribution is 0.364. The molecule has 0 amide bonds. The average molecular weight is 242 g/mol. The molecule has 2 rings (SSSR count). The highest BCUT2D eigenvalue weighted by Gasteiger charge is 2.30. The number of nitrogens with one attached hydrogen (secondary N) is 1. The number of nitrogens with zero attached hydrogens (tertiary/aromatic N) is 1. The molecule has 18 heavy (non-hydrogen) atoms. The van der Waals surface area contributed by atoms with Gasteiger partial charge < -0.3 is 5.32 Å². The van der Waals surface area contributed by atoms with Gasteiger partial charge in [-0.05, 0) is 54.9 Å². The first-order chi connectivity index (χ1) is 8.50. The summed E-state index contributed by atoms with van der Waals surface area (Å²) in [6, 6.07) is 8.77. The second kappa shape index (κ2) is 5.12. The van der Waals surface area contributed by atoms with E-state index in [4.69, 9.17) is 5.26 Å². The van der Waals surface area contributed by atoms with Crippen LogP contribution in [0.4, 0.5) is 0 Å². The molecule has 1 aromatic carbocycles. The summed E-state index contributed by atoms with van der Waals surface area (Å²) in [6.45, 7) is 7.69. The maximum Gasteiger partial charge on any atom is 0.0991 e. The molecule has 1 N–H and O–H groups in total. The van der Waals surface area contributed by atoms with Gasteiger partial charge in [-0.1, -0.05) is 19.9 Å². The van der Waals surface area contributed by atoms with Crippen LogP contribution in [0.25, 0.3) is 0 Å². The molecule has 1 saturated carbocycles. The van der Waals surface area contributed by atoms with Gasteiger partial charge in [0.1, 0.15) is 0 Å². The molecular formula is C16H22N2. The Morgan fingerprint density at radius 3 is 2.78 bits per heavy atom. The summed E-state index contributed by atoms with van der Waals surface area (Å²) in [5.74, 6) is 0. The van der Waals surface area contributed by atoms with Gasteiger partial charge in [-0.2, -0.15) is 5.26 Å². The summed E-state index contributed by atoms with van der Waals surface area (Å²) in [5.41, 5.74) is 3.76. The summed E-state index contributed by atoms with van der Waals surface area (Å²) in [6.07, 6.45) is 3.86. The number of benzene rings is 1. The molecule has 0 radical (unpaired) electrons. The Morgan fingerprint density at radius 2 is 2.22 bits per heavy atom. The van der Waals surface area contributed by atoms with Crippen molar-refractivity contribution in [1.29, 1.82) is 5.26 Å². The first-order valence-corrected chi connectivity index (χ1v) is 6.73. The Morgan fingerprint density at radius 1 is 1.44 bits per heavy atom. The zero-order valence-electron chi connectivity index (χ0n) is 11.6. The van der Waals surface area contributed by atoms with Crippen molar-refractivity contribution < 1.29 is 0 Å². The molecule has 1 unspecified atom stereocenters. The Hall–Kier alpha value is -1.33. The zero-order chi connectivity index (χ0) is 13.2. The SMILES string of the molecule is Cc1cc(C#N)ccc1CNC1CCC(C)(C)C1. The van der Waals surface area contributed by atoms with Gasteiger partial charge >= 0.3 is 0 Å². The minimum absolute atomic E-state index is 0.497. The molecule has 1 atom stereocenters. The van der Waals surface area contributed by atoms with Crippen molar-refractivity contribution in [3.05, 3.63) is 34.9 Å². The maximum absolute atomic E-state index is 8.85. The normalized spacial score (nSPS) is 21.8. The highest BCUT2D eigenvalue weighted by atomic mass is 14.9. The monoisotopic (exact) mass is 242 g/mol. The Labute approximate surface area is 110 Å². The van der Waals surface area contributed by atoms with Gasteiger partial charge in [0, 0.05) is 12.6 Å². The Bertz CT molecular complexity index is 468. The number of rotatable bonds is 3. The fourth-order valence-electron chi connectivity index (χ4n) is 2.83. The van der Waals surface area contributed by atoms with E-state index in [-0.39, 0.29) is 0 Å². The van der Waals surface area contributed by atoms with E-state index in [0.717, 1.165) is 12.1 Å². The minimum atomic E-state index is 0.497. The van der Waals surface area contributed by atoms with E-state index in [1.807, 2.05) is 12.1 Å². The summed E-state index contributed by atoms with van der Waals surface area (Å²) in [5, 5.41) is 12.5. The molecule has 0 spiro atoms. The number of hydrogen-bond donors (Lipinski definition) is 1. The molecule has 1 fully saturated rings. The van der Waals surface area contributed by atoms with E-state index in [2.05, 4.69) is 38.2 Å². The van der Waals surface area contributed by atoms with Crippen molar-refractivity contribution >= 4 is 0 Å². The van der Waals surface area contributed by atoms with Crippen LogP contribution in [-0.2, 0) is 6.54 Å². The first-order valence-electron chi connectivity index (χ1n) is 6.73. The molecule has 0 saturated heterocycles. The van der Waals surface area contributed by atoms with E-state index >= 15 is 0 Å². The second-order valence-electron chi connectivity index (χ2n) is 6.24. The lowest BCUT2D eigenvalue weighted by Gasteiger charge is -2.18. The third-order valence-electron chi connectivity index (χ3n) is 4.02.